The van der Waals surface area contributed by atoms with Crippen LogP contribution in [0.2, 0.25) is 0 Å². The van der Waals surface area contributed by atoms with Crippen molar-refractivity contribution in [1.82, 2.24) is 4.98 Å². The Balaban J connectivity index is 2.00. The maximum Gasteiger partial charge on any atom is 0.338 e. The number of carbonyl (C=O) groups is 2. The Labute approximate surface area is 113 Å². The third-order valence-corrected chi connectivity index (χ3v) is 2.53. The number of hydrogen-bond acceptors (Lipinski definition) is 5. The number of benzene rings is 1. The number of nitro groups is 1. The summed E-state index contributed by atoms with van der Waals surface area (Å²) in [5.74, 6) is -1.16. The molecule has 0 fully saturated rings. The fraction of sp³-hybridized carbons (Fsp3) is 0.0769. The van der Waals surface area contributed by atoms with Gasteiger partial charge in [0.25, 0.3) is 5.69 Å². The zero-order chi connectivity index (χ0) is 14.5. The largest absolute Gasteiger partial charge is 0.454 e. The van der Waals surface area contributed by atoms with E-state index in [9.17, 15) is 19.7 Å². The lowest BCUT2D eigenvalue weighted by molar-refractivity contribution is -0.384. The lowest BCUT2D eigenvalue weighted by Gasteiger charge is -2.03. The second-order valence-corrected chi connectivity index (χ2v) is 3.89. The van der Waals surface area contributed by atoms with Gasteiger partial charge in [-0.15, -0.1) is 0 Å². The van der Waals surface area contributed by atoms with Crippen LogP contribution in [-0.2, 0) is 4.74 Å². The maximum atomic E-state index is 11.7. The second-order valence-electron chi connectivity index (χ2n) is 3.89. The molecule has 20 heavy (non-hydrogen) atoms. The number of rotatable bonds is 5. The molecule has 1 N–H and O–H groups in total. The average molecular weight is 274 g/mol. The minimum absolute atomic E-state index is 0.0264. The molecule has 7 heteroatoms. The van der Waals surface area contributed by atoms with Gasteiger partial charge in [-0.1, -0.05) is 6.07 Å². The molecule has 2 aromatic rings. The van der Waals surface area contributed by atoms with Crippen LogP contribution in [-0.4, -0.2) is 28.3 Å². The normalized spacial score (nSPS) is 10.0. The minimum Gasteiger partial charge on any atom is -0.454 e. The molecule has 1 aromatic heterocycles. The summed E-state index contributed by atoms with van der Waals surface area (Å²) in [6.07, 6.45) is 1.58. The SMILES string of the molecule is O=C(OCC(=O)c1ccc[nH]1)c1cccc([N+](=O)[O-])c1. The highest BCUT2D eigenvalue weighted by molar-refractivity contribution is 5.98. The highest BCUT2D eigenvalue weighted by Gasteiger charge is 2.15. The number of non-ortho nitro benzene ring substituents is 1. The summed E-state index contributed by atoms with van der Waals surface area (Å²) >= 11 is 0. The van der Waals surface area contributed by atoms with Gasteiger partial charge in [-0.3, -0.25) is 14.9 Å². The summed E-state index contributed by atoms with van der Waals surface area (Å²) in [7, 11) is 0. The Morgan fingerprint density at radius 1 is 1.25 bits per heavy atom. The van der Waals surface area contributed by atoms with E-state index in [0.717, 1.165) is 6.07 Å². The Kier molecular flexibility index (Phi) is 3.90. The molecule has 0 spiro atoms. The number of nitrogens with zero attached hydrogens (tertiary/aromatic N) is 1. The quantitative estimate of drug-likeness (QED) is 0.388. The molecule has 0 aliphatic rings. The molecule has 0 aliphatic carbocycles. The molecule has 0 bridgehead atoms. The lowest BCUT2D eigenvalue weighted by atomic mass is 10.2. The van der Waals surface area contributed by atoms with Crippen LogP contribution >= 0.6 is 0 Å². The number of esters is 1. The van der Waals surface area contributed by atoms with Gasteiger partial charge in [-0.25, -0.2) is 4.79 Å². The Bertz CT molecular complexity index is 649. The monoisotopic (exact) mass is 274 g/mol. The van der Waals surface area contributed by atoms with Crippen molar-refractivity contribution in [2.75, 3.05) is 6.61 Å². The first kappa shape index (κ1) is 13.5. The van der Waals surface area contributed by atoms with E-state index in [1.807, 2.05) is 0 Å². The van der Waals surface area contributed by atoms with Gasteiger partial charge in [0.2, 0.25) is 5.78 Å². The summed E-state index contributed by atoms with van der Waals surface area (Å²) in [5.41, 5.74) is 0.144. The van der Waals surface area contributed by atoms with Gasteiger partial charge >= 0.3 is 5.97 Å². The van der Waals surface area contributed by atoms with E-state index < -0.39 is 17.5 Å². The van der Waals surface area contributed by atoms with Crippen LogP contribution < -0.4 is 0 Å². The van der Waals surface area contributed by atoms with Crippen LogP contribution in [0.25, 0.3) is 0 Å². The van der Waals surface area contributed by atoms with Crippen molar-refractivity contribution < 1.29 is 19.2 Å². The molecule has 102 valence electrons. The second kappa shape index (κ2) is 5.79. The average Bonchev–Trinajstić information content (AvgIpc) is 2.98. The molecule has 0 radical (unpaired) electrons. The van der Waals surface area contributed by atoms with Gasteiger partial charge in [-0.2, -0.15) is 0 Å². The number of aromatic amines is 1. The van der Waals surface area contributed by atoms with Crippen molar-refractivity contribution in [3.8, 4) is 0 Å². The zero-order valence-electron chi connectivity index (χ0n) is 10.2. The van der Waals surface area contributed by atoms with Crippen molar-refractivity contribution >= 4 is 17.4 Å². The van der Waals surface area contributed by atoms with Crippen LogP contribution in [0.3, 0.4) is 0 Å². The molecule has 0 unspecified atom stereocenters. The van der Waals surface area contributed by atoms with Crippen LogP contribution in [0, 0.1) is 10.1 Å². The molecule has 0 amide bonds. The number of carbonyl (C=O) groups excluding carboxylic acids is 2. The number of ether oxygens (including phenoxy) is 1. The molecule has 1 heterocycles. The predicted octanol–water partition coefficient (Wildman–Crippen LogP) is 1.96. The smallest absolute Gasteiger partial charge is 0.338 e. The standard InChI is InChI=1S/C13H10N2O5/c16-12(11-5-2-6-14-11)8-20-13(17)9-3-1-4-10(7-9)15(18)19/h1-7,14H,8H2. The zero-order valence-corrected chi connectivity index (χ0v) is 10.2. The van der Waals surface area contributed by atoms with Crippen molar-refractivity contribution in [2.45, 2.75) is 0 Å². The van der Waals surface area contributed by atoms with Gasteiger partial charge in [0, 0.05) is 18.3 Å². The van der Waals surface area contributed by atoms with Crippen LogP contribution in [0.4, 0.5) is 5.69 Å². The van der Waals surface area contributed by atoms with Gasteiger partial charge in [0.15, 0.2) is 6.61 Å². The van der Waals surface area contributed by atoms with Crippen molar-refractivity contribution in [2.24, 2.45) is 0 Å². The summed E-state index contributed by atoms with van der Waals surface area (Å²) in [6, 6.07) is 8.33. The molecular formula is C13H10N2O5. The number of aromatic nitrogens is 1. The molecule has 2 rings (SSSR count). The van der Waals surface area contributed by atoms with E-state index in [2.05, 4.69) is 4.98 Å². The molecule has 0 atom stereocenters. The number of ketones is 1. The van der Waals surface area contributed by atoms with Crippen molar-refractivity contribution in [1.29, 1.82) is 0 Å². The topological polar surface area (TPSA) is 102 Å². The van der Waals surface area contributed by atoms with E-state index in [0.29, 0.717) is 5.69 Å². The highest BCUT2D eigenvalue weighted by atomic mass is 16.6. The van der Waals surface area contributed by atoms with Gasteiger partial charge in [0.05, 0.1) is 16.2 Å². The molecule has 0 saturated heterocycles. The van der Waals surface area contributed by atoms with E-state index >= 15 is 0 Å². The van der Waals surface area contributed by atoms with Gasteiger partial charge < -0.3 is 9.72 Å². The van der Waals surface area contributed by atoms with E-state index in [1.165, 1.54) is 18.2 Å². The Hall–Kier alpha value is -2.96. The van der Waals surface area contributed by atoms with Crippen molar-refractivity contribution in [3.05, 3.63) is 64.0 Å². The first-order valence-corrected chi connectivity index (χ1v) is 5.66. The molecule has 1 aromatic carbocycles. The summed E-state index contributed by atoms with van der Waals surface area (Å²) < 4.78 is 4.82. The van der Waals surface area contributed by atoms with Crippen molar-refractivity contribution in [3.63, 3.8) is 0 Å². The number of hydrogen-bond donors (Lipinski definition) is 1. The first-order chi connectivity index (χ1) is 9.58. The van der Waals surface area contributed by atoms with Gasteiger partial charge in [0.1, 0.15) is 0 Å². The molecule has 0 aliphatic heterocycles. The third-order valence-electron chi connectivity index (χ3n) is 2.53. The third kappa shape index (κ3) is 3.08. The molecule has 7 nitrogen and oxygen atoms in total. The number of nitrogens with one attached hydrogen (secondary N) is 1. The Morgan fingerprint density at radius 3 is 2.70 bits per heavy atom. The maximum absolute atomic E-state index is 11.7. The summed E-state index contributed by atoms with van der Waals surface area (Å²) in [5, 5.41) is 10.6. The summed E-state index contributed by atoms with van der Waals surface area (Å²) in [4.78, 5) is 36.0. The van der Waals surface area contributed by atoms with Crippen LogP contribution in [0.15, 0.2) is 42.6 Å². The van der Waals surface area contributed by atoms with Crippen LogP contribution in [0.1, 0.15) is 20.8 Å². The Morgan fingerprint density at radius 2 is 2.05 bits per heavy atom. The summed E-state index contributed by atoms with van der Waals surface area (Å²) in [6.45, 7) is -0.429. The highest BCUT2D eigenvalue weighted by Crippen LogP contribution is 2.14. The first-order valence-electron chi connectivity index (χ1n) is 5.66. The molecular weight excluding hydrogens is 264 g/mol. The van der Waals surface area contributed by atoms with E-state index in [1.54, 1.807) is 18.3 Å². The predicted molar refractivity (Wildman–Crippen MR) is 68.5 cm³/mol. The number of Topliss-reactive ketones (excluding diaryl/α,β-unsaturated/α-hetero) is 1. The number of nitro benzene ring substituents is 1. The fourth-order valence-electron chi connectivity index (χ4n) is 1.54. The van der Waals surface area contributed by atoms with E-state index in [4.69, 9.17) is 4.74 Å². The van der Waals surface area contributed by atoms with Gasteiger partial charge in [-0.05, 0) is 18.2 Å². The lowest BCUT2D eigenvalue weighted by Crippen LogP contribution is -2.14. The van der Waals surface area contributed by atoms with Crippen LogP contribution in [0.5, 0.6) is 0 Å². The number of H-pyrrole nitrogens is 1. The van der Waals surface area contributed by atoms with E-state index in [-0.39, 0.29) is 17.0 Å². The molecule has 0 saturated carbocycles. The fourth-order valence-corrected chi connectivity index (χ4v) is 1.54. The minimum atomic E-state index is -0.784.